The summed E-state index contributed by atoms with van der Waals surface area (Å²) in [5, 5.41) is 3.53. The molecule has 0 saturated carbocycles. The molecule has 0 aliphatic carbocycles. The van der Waals surface area contributed by atoms with Crippen LogP contribution in [0.4, 0.5) is 16.2 Å². The van der Waals surface area contributed by atoms with E-state index in [-0.39, 0.29) is 5.02 Å². The molecule has 27 heavy (non-hydrogen) atoms. The zero-order valence-electron chi connectivity index (χ0n) is 15.6. The van der Waals surface area contributed by atoms with Crippen molar-refractivity contribution in [2.45, 2.75) is 32.2 Å². The average molecular weight is 390 g/mol. The Morgan fingerprint density at radius 2 is 1.93 bits per heavy atom. The Morgan fingerprint density at radius 1 is 1.11 bits per heavy atom. The fraction of sp³-hybridized carbons (Fsp3) is 0.500. The number of aromatic nitrogens is 2. The maximum Gasteiger partial charge on any atom is 0.227 e. The third-order valence-electron chi connectivity index (χ3n) is 5.35. The summed E-state index contributed by atoms with van der Waals surface area (Å²) in [4.78, 5) is 14.3. The quantitative estimate of drug-likeness (QED) is 0.866. The molecule has 1 aromatic carbocycles. The molecule has 0 unspecified atom stereocenters. The second-order valence-corrected chi connectivity index (χ2v) is 7.74. The highest BCUT2D eigenvalue weighted by atomic mass is 35.5. The fourth-order valence-electron chi connectivity index (χ4n) is 3.79. The van der Waals surface area contributed by atoms with E-state index < -0.39 is 5.82 Å². The standard InChI is InChI=1S/C20H25ClFN5/c1-14-13-23-7-10-27(14)19-12-18(15-5-6-17(22)16(21)11-15)24-20(25-19)26-8-3-2-4-9-26/h5-6,11-12,14,23H,2-4,7-10,13H2,1H3/t14-/m1/s1. The number of hydrogen-bond acceptors (Lipinski definition) is 5. The molecule has 2 aromatic rings. The number of hydrogen-bond donors (Lipinski definition) is 1. The SMILES string of the molecule is C[C@@H]1CNCCN1c1cc(-c2ccc(F)c(Cl)c2)nc(N2CCCCC2)n1. The third kappa shape index (κ3) is 4.01. The molecule has 1 atom stereocenters. The van der Waals surface area contributed by atoms with Crippen LogP contribution >= 0.6 is 11.6 Å². The maximum atomic E-state index is 13.6. The van der Waals surface area contributed by atoms with Crippen LogP contribution in [0.2, 0.25) is 5.02 Å². The highest BCUT2D eigenvalue weighted by Crippen LogP contribution is 2.29. The maximum absolute atomic E-state index is 13.6. The second-order valence-electron chi connectivity index (χ2n) is 7.33. The van der Waals surface area contributed by atoms with Crippen LogP contribution in [0, 0.1) is 5.82 Å². The van der Waals surface area contributed by atoms with Crippen molar-refractivity contribution in [3.63, 3.8) is 0 Å². The van der Waals surface area contributed by atoms with Crippen LogP contribution in [0.15, 0.2) is 24.3 Å². The molecule has 7 heteroatoms. The minimum absolute atomic E-state index is 0.114. The van der Waals surface area contributed by atoms with Crippen molar-refractivity contribution < 1.29 is 4.39 Å². The Labute approximate surface area is 164 Å². The number of anilines is 2. The van der Waals surface area contributed by atoms with E-state index in [1.54, 1.807) is 12.1 Å². The molecule has 0 spiro atoms. The van der Waals surface area contributed by atoms with E-state index in [0.29, 0.717) is 6.04 Å². The number of halogens is 2. The van der Waals surface area contributed by atoms with Gasteiger partial charge in [0.25, 0.3) is 0 Å². The number of rotatable bonds is 3. The van der Waals surface area contributed by atoms with Gasteiger partial charge >= 0.3 is 0 Å². The van der Waals surface area contributed by atoms with Gasteiger partial charge in [-0.25, -0.2) is 9.37 Å². The predicted molar refractivity (Wildman–Crippen MR) is 108 cm³/mol. The van der Waals surface area contributed by atoms with Crippen LogP contribution < -0.4 is 15.1 Å². The van der Waals surface area contributed by atoms with Gasteiger partial charge in [0, 0.05) is 50.4 Å². The zero-order chi connectivity index (χ0) is 18.8. The Bertz CT molecular complexity index is 809. The van der Waals surface area contributed by atoms with Crippen molar-refractivity contribution in [3.05, 3.63) is 35.1 Å². The summed E-state index contributed by atoms with van der Waals surface area (Å²) in [6.07, 6.45) is 3.58. The van der Waals surface area contributed by atoms with Gasteiger partial charge in [-0.2, -0.15) is 4.98 Å². The molecule has 0 bridgehead atoms. The molecule has 5 nitrogen and oxygen atoms in total. The first-order chi connectivity index (χ1) is 13.1. The monoisotopic (exact) mass is 389 g/mol. The number of nitrogens with zero attached hydrogens (tertiary/aromatic N) is 4. The van der Waals surface area contributed by atoms with Gasteiger partial charge in [0.2, 0.25) is 5.95 Å². The van der Waals surface area contributed by atoms with Crippen LogP contribution in [0.25, 0.3) is 11.3 Å². The lowest BCUT2D eigenvalue weighted by molar-refractivity contribution is 0.496. The minimum atomic E-state index is -0.415. The number of benzene rings is 1. The van der Waals surface area contributed by atoms with Crippen molar-refractivity contribution in [3.8, 4) is 11.3 Å². The molecular weight excluding hydrogens is 365 g/mol. The van der Waals surface area contributed by atoms with Crippen molar-refractivity contribution in [2.75, 3.05) is 42.5 Å². The Kier molecular flexibility index (Phi) is 5.45. The van der Waals surface area contributed by atoms with E-state index in [2.05, 4.69) is 22.0 Å². The molecule has 0 radical (unpaired) electrons. The summed E-state index contributed by atoms with van der Waals surface area (Å²) in [5.74, 6) is 1.27. The van der Waals surface area contributed by atoms with Gasteiger partial charge in [-0.1, -0.05) is 11.6 Å². The normalized spacial score (nSPS) is 20.8. The number of nitrogens with one attached hydrogen (secondary N) is 1. The first kappa shape index (κ1) is 18.4. The van der Waals surface area contributed by atoms with Gasteiger partial charge in [0.05, 0.1) is 10.7 Å². The Morgan fingerprint density at radius 3 is 2.67 bits per heavy atom. The Balaban J connectivity index is 1.76. The summed E-state index contributed by atoms with van der Waals surface area (Å²) in [5.41, 5.74) is 1.60. The summed E-state index contributed by atoms with van der Waals surface area (Å²) >= 11 is 6.02. The van der Waals surface area contributed by atoms with Crippen molar-refractivity contribution in [2.24, 2.45) is 0 Å². The van der Waals surface area contributed by atoms with E-state index in [9.17, 15) is 4.39 Å². The van der Waals surface area contributed by atoms with E-state index in [1.807, 2.05) is 6.07 Å². The van der Waals surface area contributed by atoms with Gasteiger partial charge in [-0.05, 0) is 44.4 Å². The van der Waals surface area contributed by atoms with Crippen LogP contribution in [0.3, 0.4) is 0 Å². The summed E-state index contributed by atoms with van der Waals surface area (Å²) in [6.45, 7) is 6.92. The lowest BCUT2D eigenvalue weighted by Crippen LogP contribution is -2.50. The highest BCUT2D eigenvalue weighted by molar-refractivity contribution is 6.31. The summed E-state index contributed by atoms with van der Waals surface area (Å²) in [7, 11) is 0. The lowest BCUT2D eigenvalue weighted by Gasteiger charge is -2.36. The van der Waals surface area contributed by atoms with Gasteiger partial charge < -0.3 is 15.1 Å². The Hall–Kier alpha value is -1.92. The molecule has 2 aliphatic rings. The number of piperazine rings is 1. The average Bonchev–Trinajstić information content (AvgIpc) is 2.71. The number of piperidine rings is 1. The molecule has 144 valence electrons. The largest absolute Gasteiger partial charge is 0.351 e. The first-order valence-electron chi connectivity index (χ1n) is 9.68. The molecule has 3 heterocycles. The topological polar surface area (TPSA) is 44.3 Å². The zero-order valence-corrected chi connectivity index (χ0v) is 16.3. The minimum Gasteiger partial charge on any atom is -0.351 e. The third-order valence-corrected chi connectivity index (χ3v) is 5.64. The van der Waals surface area contributed by atoms with E-state index in [1.165, 1.54) is 12.5 Å². The summed E-state index contributed by atoms with van der Waals surface area (Å²) in [6, 6.07) is 7.12. The first-order valence-corrected chi connectivity index (χ1v) is 10.1. The van der Waals surface area contributed by atoms with Gasteiger partial charge in [-0.3, -0.25) is 0 Å². The van der Waals surface area contributed by atoms with Gasteiger partial charge in [0.1, 0.15) is 11.6 Å². The van der Waals surface area contributed by atoms with Crippen molar-refractivity contribution in [1.82, 2.24) is 15.3 Å². The van der Waals surface area contributed by atoms with Crippen LogP contribution in [0.5, 0.6) is 0 Å². The summed E-state index contributed by atoms with van der Waals surface area (Å²) < 4.78 is 13.6. The molecule has 4 rings (SSSR count). The van der Waals surface area contributed by atoms with E-state index in [4.69, 9.17) is 21.6 Å². The van der Waals surface area contributed by atoms with E-state index >= 15 is 0 Å². The fourth-order valence-corrected chi connectivity index (χ4v) is 3.97. The highest BCUT2D eigenvalue weighted by Gasteiger charge is 2.23. The smallest absolute Gasteiger partial charge is 0.227 e. The molecule has 1 aromatic heterocycles. The molecule has 2 saturated heterocycles. The van der Waals surface area contributed by atoms with Crippen LogP contribution in [0.1, 0.15) is 26.2 Å². The van der Waals surface area contributed by atoms with E-state index in [0.717, 1.165) is 68.6 Å². The predicted octanol–water partition coefficient (Wildman–Crippen LogP) is 3.72. The molecule has 1 N–H and O–H groups in total. The van der Waals surface area contributed by atoms with Crippen molar-refractivity contribution >= 4 is 23.4 Å². The molecule has 2 fully saturated rings. The van der Waals surface area contributed by atoms with Crippen molar-refractivity contribution in [1.29, 1.82) is 0 Å². The van der Waals surface area contributed by atoms with Gasteiger partial charge in [-0.15, -0.1) is 0 Å². The molecule has 0 amide bonds. The van der Waals surface area contributed by atoms with Crippen LogP contribution in [-0.4, -0.2) is 48.7 Å². The molecule has 2 aliphatic heterocycles. The van der Waals surface area contributed by atoms with Gasteiger partial charge in [0.15, 0.2) is 0 Å². The second kappa shape index (κ2) is 7.98. The lowest BCUT2D eigenvalue weighted by atomic mass is 10.1. The van der Waals surface area contributed by atoms with Crippen LogP contribution in [-0.2, 0) is 0 Å². The molecular formula is C20H25ClFN5.